The van der Waals surface area contributed by atoms with Gasteiger partial charge in [-0.2, -0.15) is 0 Å². The lowest BCUT2D eigenvalue weighted by atomic mass is 9.84. The number of likely N-dealkylation sites (N-methyl/N-ethyl adjacent to an activating group) is 1. The third-order valence-electron chi connectivity index (χ3n) is 4.67. The highest BCUT2D eigenvalue weighted by molar-refractivity contribution is 5.33. The van der Waals surface area contributed by atoms with E-state index in [1.54, 1.807) is 0 Å². The summed E-state index contributed by atoms with van der Waals surface area (Å²) in [5, 5.41) is 3.69. The third kappa shape index (κ3) is 4.55. The highest BCUT2D eigenvalue weighted by Gasteiger charge is 2.28. The monoisotopic (exact) mass is 288 g/mol. The molecule has 0 aliphatic carbocycles. The fraction of sp³-hybridized carbons (Fsp3) is 0.684. The summed E-state index contributed by atoms with van der Waals surface area (Å²) in [4.78, 5) is 2.65. The van der Waals surface area contributed by atoms with E-state index in [0.29, 0.717) is 11.5 Å². The van der Waals surface area contributed by atoms with E-state index >= 15 is 0 Å². The van der Waals surface area contributed by atoms with E-state index < -0.39 is 0 Å². The normalized spacial score (nSPS) is 20.4. The van der Waals surface area contributed by atoms with Crippen LogP contribution in [-0.2, 0) is 0 Å². The molecule has 2 heteroatoms. The minimum atomic E-state index is 0.449. The Balaban J connectivity index is 2.11. The maximum absolute atomic E-state index is 3.69. The van der Waals surface area contributed by atoms with Gasteiger partial charge in [-0.3, -0.25) is 0 Å². The Morgan fingerprint density at radius 1 is 1.29 bits per heavy atom. The van der Waals surface area contributed by atoms with Gasteiger partial charge in [0.2, 0.25) is 0 Å². The number of hydrogen-bond donors (Lipinski definition) is 1. The summed E-state index contributed by atoms with van der Waals surface area (Å²) in [6.45, 7) is 16.0. The van der Waals surface area contributed by atoms with Crippen LogP contribution in [0.25, 0.3) is 0 Å². The molecular formula is C19H32N2. The van der Waals surface area contributed by atoms with Crippen molar-refractivity contribution in [2.45, 2.75) is 53.5 Å². The molecule has 2 rings (SSSR count). The molecule has 1 unspecified atom stereocenters. The zero-order valence-corrected chi connectivity index (χ0v) is 14.5. The molecule has 1 heterocycles. The molecule has 1 fully saturated rings. The van der Waals surface area contributed by atoms with E-state index in [4.69, 9.17) is 0 Å². The molecule has 0 spiro atoms. The van der Waals surface area contributed by atoms with Crippen LogP contribution in [0.1, 0.15) is 56.3 Å². The van der Waals surface area contributed by atoms with Crippen molar-refractivity contribution >= 4 is 0 Å². The summed E-state index contributed by atoms with van der Waals surface area (Å²) in [6.07, 6.45) is 2.69. The van der Waals surface area contributed by atoms with E-state index in [9.17, 15) is 0 Å². The van der Waals surface area contributed by atoms with Gasteiger partial charge in [-0.15, -0.1) is 0 Å². The maximum atomic E-state index is 3.69. The van der Waals surface area contributed by atoms with Gasteiger partial charge >= 0.3 is 0 Å². The van der Waals surface area contributed by atoms with Crippen molar-refractivity contribution in [1.29, 1.82) is 0 Å². The van der Waals surface area contributed by atoms with Crippen molar-refractivity contribution in [2.24, 2.45) is 5.41 Å². The van der Waals surface area contributed by atoms with Gasteiger partial charge < -0.3 is 10.2 Å². The van der Waals surface area contributed by atoms with Gasteiger partial charge in [0.15, 0.2) is 0 Å². The van der Waals surface area contributed by atoms with Crippen molar-refractivity contribution in [3.8, 4) is 0 Å². The first-order valence-electron chi connectivity index (χ1n) is 8.44. The number of nitrogens with one attached hydrogen (secondary N) is 1. The number of hydrogen-bond acceptors (Lipinski definition) is 2. The van der Waals surface area contributed by atoms with Gasteiger partial charge in [-0.1, -0.05) is 44.5 Å². The van der Waals surface area contributed by atoms with Gasteiger partial charge in [-0.05, 0) is 56.3 Å². The molecule has 1 saturated heterocycles. The molecule has 118 valence electrons. The largest absolute Gasteiger partial charge is 0.309 e. The minimum Gasteiger partial charge on any atom is -0.309 e. The zero-order valence-electron chi connectivity index (χ0n) is 14.5. The van der Waals surface area contributed by atoms with Crippen molar-refractivity contribution in [3.05, 3.63) is 34.9 Å². The summed E-state index contributed by atoms with van der Waals surface area (Å²) >= 11 is 0. The average molecular weight is 288 g/mol. The summed E-state index contributed by atoms with van der Waals surface area (Å²) in [5.74, 6) is 0. The van der Waals surface area contributed by atoms with Crippen LogP contribution in [0.3, 0.4) is 0 Å². The molecule has 1 aromatic rings. The fourth-order valence-electron chi connectivity index (χ4n) is 3.69. The summed E-state index contributed by atoms with van der Waals surface area (Å²) < 4.78 is 0. The molecule has 0 radical (unpaired) electrons. The lowest BCUT2D eigenvalue weighted by Gasteiger charge is -2.40. The molecular weight excluding hydrogens is 256 g/mol. The van der Waals surface area contributed by atoms with Crippen LogP contribution in [0.5, 0.6) is 0 Å². The Labute approximate surface area is 130 Å². The quantitative estimate of drug-likeness (QED) is 0.878. The summed E-state index contributed by atoms with van der Waals surface area (Å²) in [7, 11) is 0. The highest BCUT2D eigenvalue weighted by Crippen LogP contribution is 2.30. The standard InChI is InChI=1S/C19H32N2/c1-6-20-18(17-9-8-15(2)12-16(17)3)13-21-11-7-10-19(4,5)14-21/h8-9,12,18,20H,6-7,10-11,13-14H2,1-5H3. The van der Waals surface area contributed by atoms with Crippen LogP contribution in [0.4, 0.5) is 0 Å². The van der Waals surface area contributed by atoms with Gasteiger partial charge in [0.1, 0.15) is 0 Å². The van der Waals surface area contributed by atoms with Crippen molar-refractivity contribution in [2.75, 3.05) is 26.2 Å². The Bertz CT molecular complexity index is 465. The van der Waals surface area contributed by atoms with Gasteiger partial charge in [0.05, 0.1) is 0 Å². The zero-order chi connectivity index (χ0) is 15.5. The second-order valence-corrected chi connectivity index (χ2v) is 7.47. The molecule has 0 aromatic heterocycles. The number of aryl methyl sites for hydroxylation is 2. The number of piperidine rings is 1. The van der Waals surface area contributed by atoms with E-state index in [1.165, 1.54) is 42.6 Å². The predicted molar refractivity (Wildman–Crippen MR) is 91.8 cm³/mol. The van der Waals surface area contributed by atoms with Gasteiger partial charge in [0, 0.05) is 19.1 Å². The SMILES string of the molecule is CCNC(CN1CCCC(C)(C)C1)c1ccc(C)cc1C. The van der Waals surface area contributed by atoms with Crippen LogP contribution in [0, 0.1) is 19.3 Å². The van der Waals surface area contributed by atoms with E-state index in [0.717, 1.165) is 13.1 Å². The topological polar surface area (TPSA) is 15.3 Å². The molecule has 1 aliphatic heterocycles. The Kier molecular flexibility index (Phi) is 5.45. The van der Waals surface area contributed by atoms with Crippen LogP contribution >= 0.6 is 0 Å². The molecule has 1 N–H and O–H groups in total. The molecule has 0 saturated carbocycles. The number of rotatable bonds is 5. The van der Waals surface area contributed by atoms with Crippen molar-refractivity contribution in [1.82, 2.24) is 10.2 Å². The predicted octanol–water partition coefficient (Wildman–Crippen LogP) is 4.08. The number of nitrogens with zero attached hydrogens (tertiary/aromatic N) is 1. The minimum absolute atomic E-state index is 0.449. The summed E-state index contributed by atoms with van der Waals surface area (Å²) in [5.41, 5.74) is 4.70. The van der Waals surface area contributed by atoms with Crippen LogP contribution in [-0.4, -0.2) is 31.1 Å². The smallest absolute Gasteiger partial charge is 0.0451 e. The third-order valence-corrected chi connectivity index (χ3v) is 4.67. The Morgan fingerprint density at radius 3 is 2.67 bits per heavy atom. The lowest BCUT2D eigenvalue weighted by Crippen LogP contribution is -2.44. The van der Waals surface area contributed by atoms with Gasteiger partial charge in [0.25, 0.3) is 0 Å². The number of benzene rings is 1. The average Bonchev–Trinajstić information content (AvgIpc) is 2.37. The molecule has 1 aromatic carbocycles. The number of likely N-dealkylation sites (tertiary alicyclic amines) is 1. The Hall–Kier alpha value is -0.860. The highest BCUT2D eigenvalue weighted by atomic mass is 15.2. The van der Waals surface area contributed by atoms with Crippen LogP contribution < -0.4 is 5.32 Å². The molecule has 1 atom stereocenters. The van der Waals surface area contributed by atoms with E-state index in [2.05, 4.69) is 63.0 Å². The first-order valence-corrected chi connectivity index (χ1v) is 8.44. The molecule has 2 nitrogen and oxygen atoms in total. The van der Waals surface area contributed by atoms with E-state index in [1.807, 2.05) is 0 Å². The second kappa shape index (κ2) is 6.93. The lowest BCUT2D eigenvalue weighted by molar-refractivity contribution is 0.107. The molecule has 0 bridgehead atoms. The second-order valence-electron chi connectivity index (χ2n) is 7.47. The Morgan fingerprint density at radius 2 is 2.05 bits per heavy atom. The first-order chi connectivity index (χ1) is 9.91. The molecule has 21 heavy (non-hydrogen) atoms. The van der Waals surface area contributed by atoms with E-state index in [-0.39, 0.29) is 0 Å². The summed E-state index contributed by atoms with van der Waals surface area (Å²) in [6, 6.07) is 7.31. The van der Waals surface area contributed by atoms with Crippen molar-refractivity contribution in [3.63, 3.8) is 0 Å². The maximum Gasteiger partial charge on any atom is 0.0451 e. The first kappa shape index (κ1) is 16.5. The van der Waals surface area contributed by atoms with Crippen LogP contribution in [0.2, 0.25) is 0 Å². The van der Waals surface area contributed by atoms with Crippen LogP contribution in [0.15, 0.2) is 18.2 Å². The van der Waals surface area contributed by atoms with Crippen molar-refractivity contribution < 1.29 is 0 Å². The van der Waals surface area contributed by atoms with Gasteiger partial charge in [-0.25, -0.2) is 0 Å². The molecule has 0 amide bonds. The fourth-order valence-corrected chi connectivity index (χ4v) is 3.69. The molecule has 1 aliphatic rings.